The third kappa shape index (κ3) is 3.33. The van der Waals surface area contributed by atoms with Crippen molar-refractivity contribution in [1.82, 2.24) is 10.3 Å². The molecule has 0 saturated heterocycles. The van der Waals surface area contributed by atoms with E-state index >= 15 is 0 Å². The molecule has 0 amide bonds. The van der Waals surface area contributed by atoms with E-state index in [0.717, 1.165) is 6.54 Å². The Labute approximate surface area is 116 Å². The lowest BCUT2D eigenvalue weighted by molar-refractivity contribution is 0.542. The highest BCUT2D eigenvalue weighted by molar-refractivity contribution is 6.33. The summed E-state index contributed by atoms with van der Waals surface area (Å²) in [5.41, 5.74) is 0.927. The van der Waals surface area contributed by atoms with Gasteiger partial charge in [0, 0.05) is 6.54 Å². The molecule has 0 bridgehead atoms. The summed E-state index contributed by atoms with van der Waals surface area (Å²) in [5, 5.41) is 3.57. The zero-order valence-electron chi connectivity index (χ0n) is 10.9. The van der Waals surface area contributed by atoms with Crippen molar-refractivity contribution in [2.75, 3.05) is 6.54 Å². The number of nitrogens with zero attached hydrogens (tertiary/aromatic N) is 1. The first kappa shape index (κ1) is 14.0. The van der Waals surface area contributed by atoms with E-state index in [-0.39, 0.29) is 5.56 Å². The van der Waals surface area contributed by atoms with Gasteiger partial charge in [0.05, 0.1) is 10.6 Å². The summed E-state index contributed by atoms with van der Waals surface area (Å²) in [7, 11) is 0. The van der Waals surface area contributed by atoms with Crippen LogP contribution < -0.4 is 5.32 Å². The third-order valence-electron chi connectivity index (χ3n) is 2.68. The molecule has 1 N–H and O–H groups in total. The largest absolute Gasteiger partial charge is 0.443 e. The second-order valence-corrected chi connectivity index (χ2v) is 5.16. The van der Waals surface area contributed by atoms with Gasteiger partial charge < -0.3 is 9.73 Å². The number of hydrogen-bond acceptors (Lipinski definition) is 3. The van der Waals surface area contributed by atoms with Crippen LogP contribution in [-0.4, -0.2) is 11.5 Å². The SMILES string of the molecule is CC(C)CNCc1ncoc1-c1c(F)cccc1Cl. The van der Waals surface area contributed by atoms with Gasteiger partial charge in [-0.05, 0) is 24.6 Å². The van der Waals surface area contributed by atoms with Crippen molar-refractivity contribution in [2.45, 2.75) is 20.4 Å². The molecule has 5 heteroatoms. The summed E-state index contributed by atoms with van der Waals surface area (Å²) in [6.45, 7) is 5.61. The Morgan fingerprint density at radius 2 is 2.21 bits per heavy atom. The van der Waals surface area contributed by atoms with Crippen LogP contribution in [-0.2, 0) is 6.54 Å². The minimum absolute atomic E-state index is 0.267. The number of hydrogen-bond donors (Lipinski definition) is 1. The van der Waals surface area contributed by atoms with Crippen LogP contribution in [0.25, 0.3) is 11.3 Å². The molecule has 2 aromatic rings. The fraction of sp³-hybridized carbons (Fsp3) is 0.357. The lowest BCUT2D eigenvalue weighted by atomic mass is 10.1. The van der Waals surface area contributed by atoms with E-state index in [2.05, 4.69) is 24.1 Å². The number of oxazole rings is 1. The van der Waals surface area contributed by atoms with E-state index in [4.69, 9.17) is 16.0 Å². The second-order valence-electron chi connectivity index (χ2n) is 4.75. The predicted octanol–water partition coefficient (Wildman–Crippen LogP) is 3.88. The molecule has 0 aliphatic heterocycles. The van der Waals surface area contributed by atoms with Crippen molar-refractivity contribution in [2.24, 2.45) is 5.92 Å². The highest BCUT2D eigenvalue weighted by Gasteiger charge is 2.17. The third-order valence-corrected chi connectivity index (χ3v) is 2.99. The smallest absolute Gasteiger partial charge is 0.181 e. The van der Waals surface area contributed by atoms with Crippen molar-refractivity contribution in [1.29, 1.82) is 0 Å². The van der Waals surface area contributed by atoms with Gasteiger partial charge in [-0.25, -0.2) is 9.37 Å². The van der Waals surface area contributed by atoms with E-state index < -0.39 is 5.82 Å². The Bertz CT molecular complexity index is 534. The van der Waals surface area contributed by atoms with Crippen molar-refractivity contribution in [3.63, 3.8) is 0 Å². The summed E-state index contributed by atoms with van der Waals surface area (Å²) in [4.78, 5) is 4.12. The zero-order chi connectivity index (χ0) is 13.8. The highest BCUT2D eigenvalue weighted by Crippen LogP contribution is 2.32. The van der Waals surface area contributed by atoms with Crippen LogP contribution in [0.5, 0.6) is 0 Å². The van der Waals surface area contributed by atoms with Crippen LogP contribution >= 0.6 is 11.6 Å². The molecule has 0 spiro atoms. The van der Waals surface area contributed by atoms with E-state index in [1.807, 2.05) is 0 Å². The topological polar surface area (TPSA) is 38.1 Å². The summed E-state index contributed by atoms with van der Waals surface area (Å²) in [5.74, 6) is 0.515. The van der Waals surface area contributed by atoms with Gasteiger partial charge in [-0.3, -0.25) is 0 Å². The Morgan fingerprint density at radius 1 is 1.42 bits per heavy atom. The lowest BCUT2D eigenvalue weighted by Crippen LogP contribution is -2.19. The molecule has 2 rings (SSSR count). The molecule has 0 aliphatic carbocycles. The van der Waals surface area contributed by atoms with Crippen LogP contribution in [0.1, 0.15) is 19.5 Å². The van der Waals surface area contributed by atoms with Crippen LogP contribution in [0, 0.1) is 11.7 Å². The number of nitrogens with one attached hydrogen (secondary N) is 1. The van der Waals surface area contributed by atoms with Gasteiger partial charge in [0.2, 0.25) is 0 Å². The number of rotatable bonds is 5. The predicted molar refractivity (Wildman–Crippen MR) is 73.5 cm³/mol. The summed E-state index contributed by atoms with van der Waals surface area (Å²) in [6, 6.07) is 4.55. The molecule has 1 aromatic carbocycles. The van der Waals surface area contributed by atoms with Crippen molar-refractivity contribution >= 4 is 11.6 Å². The van der Waals surface area contributed by atoms with Gasteiger partial charge in [-0.15, -0.1) is 0 Å². The first-order valence-corrected chi connectivity index (χ1v) is 6.55. The first-order chi connectivity index (χ1) is 9.09. The molecule has 102 valence electrons. The van der Waals surface area contributed by atoms with Gasteiger partial charge >= 0.3 is 0 Å². The van der Waals surface area contributed by atoms with Crippen molar-refractivity contribution in [3.8, 4) is 11.3 Å². The minimum atomic E-state index is -0.408. The second kappa shape index (κ2) is 6.17. The number of halogens is 2. The lowest BCUT2D eigenvalue weighted by Gasteiger charge is -2.08. The van der Waals surface area contributed by atoms with Gasteiger partial charge in [0.25, 0.3) is 0 Å². The van der Waals surface area contributed by atoms with Crippen molar-refractivity contribution < 1.29 is 8.81 Å². The molecule has 0 aliphatic rings. The van der Waals surface area contributed by atoms with Gasteiger partial charge in [0.1, 0.15) is 11.5 Å². The molecule has 0 unspecified atom stereocenters. The quantitative estimate of drug-likeness (QED) is 0.904. The van der Waals surface area contributed by atoms with E-state index in [0.29, 0.717) is 28.9 Å². The summed E-state index contributed by atoms with van der Waals surface area (Å²) < 4.78 is 19.1. The standard InChI is InChI=1S/C14H16ClFN2O/c1-9(2)6-17-7-12-14(19-8-18-12)13-10(15)4-3-5-11(13)16/h3-5,8-9,17H,6-7H2,1-2H3. The van der Waals surface area contributed by atoms with Gasteiger partial charge in [-0.2, -0.15) is 0 Å². The number of benzene rings is 1. The molecule has 1 heterocycles. The monoisotopic (exact) mass is 282 g/mol. The molecule has 3 nitrogen and oxygen atoms in total. The Balaban J connectivity index is 2.24. The Hall–Kier alpha value is -1.39. The molecule has 0 radical (unpaired) electrons. The zero-order valence-corrected chi connectivity index (χ0v) is 11.7. The maximum atomic E-state index is 13.9. The molecule has 1 aromatic heterocycles. The van der Waals surface area contributed by atoms with Crippen LogP contribution in [0.3, 0.4) is 0 Å². The van der Waals surface area contributed by atoms with Crippen LogP contribution in [0.4, 0.5) is 4.39 Å². The molecular formula is C14H16ClFN2O. The number of aromatic nitrogens is 1. The van der Waals surface area contributed by atoms with E-state index in [1.165, 1.54) is 12.5 Å². The summed E-state index contributed by atoms with van der Waals surface area (Å²) in [6.07, 6.45) is 1.31. The Morgan fingerprint density at radius 3 is 2.89 bits per heavy atom. The first-order valence-electron chi connectivity index (χ1n) is 6.17. The fourth-order valence-electron chi connectivity index (χ4n) is 1.79. The summed E-state index contributed by atoms with van der Waals surface area (Å²) >= 11 is 6.03. The molecule has 0 saturated carbocycles. The maximum Gasteiger partial charge on any atom is 0.181 e. The molecular weight excluding hydrogens is 267 g/mol. The average Bonchev–Trinajstić information content (AvgIpc) is 2.77. The van der Waals surface area contributed by atoms with Crippen molar-refractivity contribution in [3.05, 3.63) is 41.1 Å². The molecule has 0 atom stereocenters. The highest BCUT2D eigenvalue weighted by atomic mass is 35.5. The molecule has 19 heavy (non-hydrogen) atoms. The normalized spacial score (nSPS) is 11.2. The fourth-order valence-corrected chi connectivity index (χ4v) is 2.04. The Kier molecular flexibility index (Phi) is 4.56. The van der Waals surface area contributed by atoms with E-state index in [1.54, 1.807) is 12.1 Å². The average molecular weight is 283 g/mol. The van der Waals surface area contributed by atoms with Crippen LogP contribution in [0.2, 0.25) is 5.02 Å². The molecule has 0 fully saturated rings. The van der Waals surface area contributed by atoms with E-state index in [9.17, 15) is 4.39 Å². The van der Waals surface area contributed by atoms with Crippen LogP contribution in [0.15, 0.2) is 29.0 Å². The minimum Gasteiger partial charge on any atom is -0.443 e. The van der Waals surface area contributed by atoms with Gasteiger partial charge in [-0.1, -0.05) is 31.5 Å². The van der Waals surface area contributed by atoms with Gasteiger partial charge in [0.15, 0.2) is 12.2 Å². The maximum absolute atomic E-state index is 13.9.